The van der Waals surface area contributed by atoms with Gasteiger partial charge in [0.05, 0.1) is 5.01 Å². The van der Waals surface area contributed by atoms with Gasteiger partial charge in [0, 0.05) is 42.6 Å². The lowest BCUT2D eigenvalue weighted by Crippen LogP contribution is -2.49. The van der Waals surface area contributed by atoms with Crippen LogP contribution in [0, 0.1) is 17.8 Å². The Kier molecular flexibility index (Phi) is 4.98. The number of urea groups is 1. The van der Waals surface area contributed by atoms with Crippen molar-refractivity contribution in [3.05, 3.63) is 16.1 Å². The molecule has 22 heavy (non-hydrogen) atoms. The first-order chi connectivity index (χ1) is 10.7. The summed E-state index contributed by atoms with van der Waals surface area (Å²) in [5.74, 6) is 1.40. The smallest absolute Gasteiger partial charge is 0.315 e. The molecular formula is C16H25N3O2S. The summed E-state index contributed by atoms with van der Waals surface area (Å²) >= 11 is 1.72. The van der Waals surface area contributed by atoms with Gasteiger partial charge >= 0.3 is 6.03 Å². The molecule has 0 aliphatic heterocycles. The molecule has 0 spiro atoms. The highest BCUT2D eigenvalue weighted by atomic mass is 32.1. The van der Waals surface area contributed by atoms with E-state index >= 15 is 0 Å². The van der Waals surface area contributed by atoms with Gasteiger partial charge in [0.15, 0.2) is 0 Å². The van der Waals surface area contributed by atoms with Gasteiger partial charge in [-0.05, 0) is 37.5 Å². The predicted molar refractivity (Wildman–Crippen MR) is 86.9 cm³/mol. The zero-order valence-electron chi connectivity index (χ0n) is 13.0. The van der Waals surface area contributed by atoms with Crippen molar-refractivity contribution >= 4 is 17.4 Å². The van der Waals surface area contributed by atoms with Gasteiger partial charge in [-0.3, -0.25) is 0 Å². The van der Waals surface area contributed by atoms with Crippen LogP contribution in [0.5, 0.6) is 0 Å². The van der Waals surface area contributed by atoms with Crippen LogP contribution < -0.4 is 10.6 Å². The minimum Gasteiger partial charge on any atom is -0.396 e. The third kappa shape index (κ3) is 3.27. The Morgan fingerprint density at radius 3 is 3.00 bits per heavy atom. The topological polar surface area (TPSA) is 74.2 Å². The number of nitrogens with one attached hydrogen (secondary N) is 2. The molecule has 3 rings (SSSR count). The number of aliphatic hydroxyl groups is 1. The van der Waals surface area contributed by atoms with Gasteiger partial charge in [-0.1, -0.05) is 6.92 Å². The van der Waals surface area contributed by atoms with Crippen LogP contribution in [0.4, 0.5) is 4.79 Å². The second-order valence-electron chi connectivity index (χ2n) is 6.43. The number of carbonyl (C=O) groups excluding carboxylic acids is 1. The average Bonchev–Trinajstić information content (AvgIpc) is 3.22. The second-order valence-corrected chi connectivity index (χ2v) is 7.63. The zero-order valence-corrected chi connectivity index (χ0v) is 13.9. The standard InChI is InChI=1S/C16H25N3O2S/c1-2-12-8-18-14(22-12)5-6-17-16(21)19-15-11-4-3-10(7-11)13(15)9-20/h8,10-11,13,15,20H,2-7,9H2,1H3,(H2,17,19,21). The van der Waals surface area contributed by atoms with E-state index in [9.17, 15) is 9.90 Å². The number of hydrogen-bond donors (Lipinski definition) is 3. The van der Waals surface area contributed by atoms with Crippen LogP contribution in [0.1, 0.15) is 36.1 Å². The van der Waals surface area contributed by atoms with E-state index in [2.05, 4.69) is 22.5 Å². The normalized spacial score (nSPS) is 29.7. The van der Waals surface area contributed by atoms with Gasteiger partial charge in [-0.2, -0.15) is 0 Å². The van der Waals surface area contributed by atoms with Crippen LogP contribution in [0.25, 0.3) is 0 Å². The quantitative estimate of drug-likeness (QED) is 0.749. The SMILES string of the molecule is CCc1cnc(CCNC(=O)NC2C3CCC(C3)C2CO)s1. The number of aryl methyl sites for hydroxylation is 1. The minimum atomic E-state index is -0.108. The van der Waals surface area contributed by atoms with E-state index < -0.39 is 0 Å². The van der Waals surface area contributed by atoms with Crippen molar-refractivity contribution < 1.29 is 9.90 Å². The summed E-state index contributed by atoms with van der Waals surface area (Å²) in [7, 11) is 0. The number of aliphatic hydroxyl groups excluding tert-OH is 1. The van der Waals surface area contributed by atoms with Gasteiger partial charge in [-0.25, -0.2) is 9.78 Å². The molecule has 2 saturated carbocycles. The fourth-order valence-corrected chi connectivity index (χ4v) is 4.87. The number of nitrogens with zero attached hydrogens (tertiary/aromatic N) is 1. The van der Waals surface area contributed by atoms with E-state index in [4.69, 9.17) is 0 Å². The van der Waals surface area contributed by atoms with Crippen molar-refractivity contribution in [1.82, 2.24) is 15.6 Å². The molecule has 6 heteroatoms. The second kappa shape index (κ2) is 6.96. The molecule has 1 aromatic rings. The van der Waals surface area contributed by atoms with Crippen LogP contribution in [0.2, 0.25) is 0 Å². The highest BCUT2D eigenvalue weighted by Crippen LogP contribution is 2.48. The Balaban J connectivity index is 1.42. The lowest BCUT2D eigenvalue weighted by atomic mass is 9.85. The Bertz CT molecular complexity index is 519. The lowest BCUT2D eigenvalue weighted by Gasteiger charge is -2.30. The van der Waals surface area contributed by atoms with Crippen molar-refractivity contribution in [3.63, 3.8) is 0 Å². The molecule has 1 aromatic heterocycles. The van der Waals surface area contributed by atoms with Gasteiger partial charge in [0.2, 0.25) is 0 Å². The number of amides is 2. The van der Waals surface area contributed by atoms with Gasteiger partial charge in [0.1, 0.15) is 0 Å². The third-order valence-electron chi connectivity index (χ3n) is 5.17. The van der Waals surface area contributed by atoms with Crippen LogP contribution >= 0.6 is 11.3 Å². The molecule has 1 heterocycles. The fraction of sp³-hybridized carbons (Fsp3) is 0.750. The molecule has 5 nitrogen and oxygen atoms in total. The van der Waals surface area contributed by atoms with Crippen molar-refractivity contribution in [2.75, 3.05) is 13.2 Å². The average molecular weight is 323 g/mol. The number of aromatic nitrogens is 1. The highest BCUT2D eigenvalue weighted by molar-refractivity contribution is 7.11. The molecule has 122 valence electrons. The van der Waals surface area contributed by atoms with E-state index in [-0.39, 0.29) is 24.6 Å². The first kappa shape index (κ1) is 15.7. The molecule has 0 saturated heterocycles. The summed E-state index contributed by atoms with van der Waals surface area (Å²) in [6.45, 7) is 2.91. The maximum atomic E-state index is 12.1. The van der Waals surface area contributed by atoms with E-state index in [0.717, 1.165) is 24.3 Å². The molecule has 0 radical (unpaired) electrons. The molecular weight excluding hydrogens is 298 g/mol. The Labute approximate surface area is 135 Å². The van der Waals surface area contributed by atoms with Crippen molar-refractivity contribution in [3.8, 4) is 0 Å². The molecule has 2 fully saturated rings. The fourth-order valence-electron chi connectivity index (χ4n) is 4.01. The van der Waals surface area contributed by atoms with Crippen LogP contribution in [0.15, 0.2) is 6.20 Å². The highest BCUT2D eigenvalue weighted by Gasteiger charge is 2.47. The number of hydrogen-bond acceptors (Lipinski definition) is 4. The summed E-state index contributed by atoms with van der Waals surface area (Å²) in [6, 6.07) is 0.0403. The van der Waals surface area contributed by atoms with Crippen LogP contribution in [-0.2, 0) is 12.8 Å². The van der Waals surface area contributed by atoms with Crippen molar-refractivity contribution in [2.24, 2.45) is 17.8 Å². The molecule has 0 aromatic carbocycles. The van der Waals surface area contributed by atoms with E-state index in [1.165, 1.54) is 17.7 Å². The molecule has 2 aliphatic carbocycles. The maximum Gasteiger partial charge on any atom is 0.315 e. The van der Waals surface area contributed by atoms with Crippen LogP contribution in [-0.4, -0.2) is 35.3 Å². The Morgan fingerprint density at radius 1 is 1.45 bits per heavy atom. The zero-order chi connectivity index (χ0) is 15.5. The summed E-state index contributed by atoms with van der Waals surface area (Å²) in [4.78, 5) is 17.7. The largest absolute Gasteiger partial charge is 0.396 e. The molecule has 4 unspecified atom stereocenters. The van der Waals surface area contributed by atoms with Crippen molar-refractivity contribution in [1.29, 1.82) is 0 Å². The monoisotopic (exact) mass is 323 g/mol. The van der Waals surface area contributed by atoms with Gasteiger partial charge < -0.3 is 15.7 Å². The lowest BCUT2D eigenvalue weighted by molar-refractivity contribution is 0.144. The molecule has 2 amide bonds. The molecule has 3 N–H and O–H groups in total. The summed E-state index contributed by atoms with van der Waals surface area (Å²) in [6.07, 6.45) is 7.26. The van der Waals surface area contributed by atoms with E-state index in [0.29, 0.717) is 18.4 Å². The van der Waals surface area contributed by atoms with E-state index in [1.54, 1.807) is 11.3 Å². The number of rotatable bonds is 6. The first-order valence-corrected chi connectivity index (χ1v) is 9.11. The van der Waals surface area contributed by atoms with Crippen molar-refractivity contribution in [2.45, 2.75) is 45.1 Å². The van der Waals surface area contributed by atoms with E-state index in [1.807, 2.05) is 6.20 Å². The molecule has 4 atom stereocenters. The van der Waals surface area contributed by atoms with Gasteiger partial charge in [0.25, 0.3) is 0 Å². The molecule has 2 bridgehead atoms. The Hall–Kier alpha value is -1.14. The third-order valence-corrected chi connectivity index (χ3v) is 6.37. The number of carbonyl (C=O) groups is 1. The van der Waals surface area contributed by atoms with Crippen LogP contribution in [0.3, 0.4) is 0 Å². The number of fused-ring (bicyclic) bond motifs is 2. The summed E-state index contributed by atoms with van der Waals surface area (Å²) in [5.41, 5.74) is 0. The minimum absolute atomic E-state index is 0.108. The predicted octanol–water partition coefficient (Wildman–Crippen LogP) is 1.95. The Morgan fingerprint density at radius 2 is 2.27 bits per heavy atom. The van der Waals surface area contributed by atoms with Gasteiger partial charge in [-0.15, -0.1) is 11.3 Å². The number of thiazole rings is 1. The summed E-state index contributed by atoms with van der Waals surface area (Å²) in [5, 5.41) is 16.6. The first-order valence-electron chi connectivity index (χ1n) is 8.30. The molecule has 2 aliphatic rings. The summed E-state index contributed by atoms with van der Waals surface area (Å²) < 4.78 is 0. The maximum absolute atomic E-state index is 12.1.